The number of anilines is 3. The SMILES string of the molecule is c1cc(-c2ccc(N(c3ccc(-c4cccc5c4oc4ccccc45)cc3)c3ccccc3-c3ccc4ccccc4c3)cc2)cc(-c2cccc3ccccc23)c1. The van der Waals surface area contributed by atoms with E-state index in [4.69, 9.17) is 4.42 Å². The standard InChI is InChI=1S/C56H37NO/c1-2-14-42-37-45(27-26-38(42)12-1)50-19-5-7-24-54(50)57(47-34-30-41(31-35-47)51-22-11-23-53-52-20-6-8-25-55(52)58-56(51)53)46-32-28-39(29-33-46)43-16-9-17-44(36-43)49-21-10-15-40-13-3-4-18-48(40)49/h1-37H. The van der Waals surface area contributed by atoms with Gasteiger partial charge in [0, 0.05) is 33.3 Å². The summed E-state index contributed by atoms with van der Waals surface area (Å²) in [5, 5.41) is 7.23. The normalized spacial score (nSPS) is 11.4. The number of nitrogens with zero attached hydrogens (tertiary/aromatic N) is 1. The smallest absolute Gasteiger partial charge is 0.143 e. The van der Waals surface area contributed by atoms with Gasteiger partial charge in [-0.15, -0.1) is 0 Å². The number of benzene rings is 10. The van der Waals surface area contributed by atoms with Gasteiger partial charge in [0.2, 0.25) is 0 Å². The highest BCUT2D eigenvalue weighted by Gasteiger charge is 2.19. The molecular weight excluding hydrogens is 703 g/mol. The van der Waals surface area contributed by atoms with Crippen LogP contribution >= 0.6 is 0 Å². The van der Waals surface area contributed by atoms with Crippen LogP contribution in [0.2, 0.25) is 0 Å². The van der Waals surface area contributed by atoms with E-state index < -0.39 is 0 Å². The summed E-state index contributed by atoms with van der Waals surface area (Å²) in [6.07, 6.45) is 0. The summed E-state index contributed by atoms with van der Waals surface area (Å²) in [6.45, 7) is 0. The fourth-order valence-electron chi connectivity index (χ4n) is 8.61. The Morgan fingerprint density at radius 1 is 0.293 bits per heavy atom. The van der Waals surface area contributed by atoms with E-state index in [9.17, 15) is 0 Å². The van der Waals surface area contributed by atoms with E-state index in [2.05, 4.69) is 217 Å². The third kappa shape index (κ3) is 5.91. The molecule has 0 saturated heterocycles. The maximum Gasteiger partial charge on any atom is 0.143 e. The Bertz CT molecular complexity index is 3280. The molecule has 0 unspecified atom stereocenters. The molecule has 1 heterocycles. The Morgan fingerprint density at radius 3 is 1.69 bits per heavy atom. The monoisotopic (exact) mass is 739 g/mol. The molecule has 11 aromatic rings. The van der Waals surface area contributed by atoms with E-state index in [1.54, 1.807) is 0 Å². The van der Waals surface area contributed by atoms with E-state index in [-0.39, 0.29) is 0 Å². The predicted octanol–water partition coefficient (Wildman–Crippen LogP) is 16.0. The Labute approximate surface area is 337 Å². The van der Waals surface area contributed by atoms with Crippen LogP contribution in [0.4, 0.5) is 17.1 Å². The van der Waals surface area contributed by atoms with Gasteiger partial charge in [0.05, 0.1) is 5.69 Å². The first-order valence-electron chi connectivity index (χ1n) is 19.8. The molecule has 0 radical (unpaired) electrons. The maximum atomic E-state index is 6.44. The quantitative estimate of drug-likeness (QED) is 0.162. The molecule has 1 aromatic heterocycles. The van der Waals surface area contributed by atoms with Gasteiger partial charge in [-0.25, -0.2) is 0 Å². The highest BCUT2D eigenvalue weighted by Crippen LogP contribution is 2.43. The fourth-order valence-corrected chi connectivity index (χ4v) is 8.61. The van der Waals surface area contributed by atoms with E-state index >= 15 is 0 Å². The number of rotatable bonds is 7. The lowest BCUT2D eigenvalue weighted by Gasteiger charge is -2.28. The maximum absolute atomic E-state index is 6.44. The molecule has 10 aromatic carbocycles. The molecule has 2 heteroatoms. The highest BCUT2D eigenvalue weighted by atomic mass is 16.3. The Hall–Kier alpha value is -7.68. The molecule has 0 aliphatic rings. The van der Waals surface area contributed by atoms with Gasteiger partial charge in [0.25, 0.3) is 0 Å². The zero-order valence-corrected chi connectivity index (χ0v) is 31.7. The molecule has 11 rings (SSSR count). The van der Waals surface area contributed by atoms with Crippen molar-refractivity contribution in [1.29, 1.82) is 0 Å². The van der Waals surface area contributed by atoms with Gasteiger partial charge >= 0.3 is 0 Å². The zero-order valence-electron chi connectivity index (χ0n) is 31.7. The van der Waals surface area contributed by atoms with Crippen LogP contribution in [0.5, 0.6) is 0 Å². The van der Waals surface area contributed by atoms with E-state index in [1.807, 2.05) is 12.1 Å². The Balaban J connectivity index is 1.02. The van der Waals surface area contributed by atoms with Crippen molar-refractivity contribution in [3.63, 3.8) is 0 Å². The van der Waals surface area contributed by atoms with Crippen molar-refractivity contribution in [2.45, 2.75) is 0 Å². The molecular formula is C56H37NO. The van der Waals surface area contributed by atoms with Gasteiger partial charge in [0.15, 0.2) is 0 Å². The summed E-state index contributed by atoms with van der Waals surface area (Å²) in [5.74, 6) is 0. The van der Waals surface area contributed by atoms with Gasteiger partial charge in [-0.3, -0.25) is 0 Å². The summed E-state index contributed by atoms with van der Waals surface area (Å²) in [7, 11) is 0. The first-order valence-corrected chi connectivity index (χ1v) is 19.8. The van der Waals surface area contributed by atoms with Crippen LogP contribution < -0.4 is 4.90 Å². The average molecular weight is 740 g/mol. The van der Waals surface area contributed by atoms with Crippen LogP contribution in [-0.2, 0) is 0 Å². The first kappa shape index (κ1) is 33.6. The minimum absolute atomic E-state index is 0.904. The van der Waals surface area contributed by atoms with Crippen LogP contribution in [-0.4, -0.2) is 0 Å². The van der Waals surface area contributed by atoms with Gasteiger partial charge in [0.1, 0.15) is 11.2 Å². The topological polar surface area (TPSA) is 16.4 Å². The molecule has 0 spiro atoms. The van der Waals surface area contributed by atoms with Crippen molar-refractivity contribution >= 4 is 60.5 Å². The van der Waals surface area contributed by atoms with E-state index in [0.717, 1.165) is 55.7 Å². The van der Waals surface area contributed by atoms with Gasteiger partial charge < -0.3 is 9.32 Å². The van der Waals surface area contributed by atoms with Gasteiger partial charge in [-0.1, -0.05) is 176 Å². The average Bonchev–Trinajstić information content (AvgIpc) is 3.69. The lowest BCUT2D eigenvalue weighted by atomic mass is 9.95. The second kappa shape index (κ2) is 14.1. The van der Waals surface area contributed by atoms with Crippen LogP contribution in [0.3, 0.4) is 0 Å². The number of hydrogen-bond donors (Lipinski definition) is 0. The van der Waals surface area contributed by atoms with Crippen molar-refractivity contribution < 1.29 is 4.42 Å². The second-order valence-corrected chi connectivity index (χ2v) is 14.9. The summed E-state index contributed by atoms with van der Waals surface area (Å²) in [4.78, 5) is 2.38. The summed E-state index contributed by atoms with van der Waals surface area (Å²) < 4.78 is 6.44. The highest BCUT2D eigenvalue weighted by molar-refractivity contribution is 6.09. The molecule has 2 nitrogen and oxygen atoms in total. The van der Waals surface area contributed by atoms with Crippen molar-refractivity contribution in [1.82, 2.24) is 0 Å². The molecule has 0 N–H and O–H groups in total. The van der Waals surface area contributed by atoms with Gasteiger partial charge in [-0.05, 0) is 103 Å². The Kier molecular flexibility index (Phi) is 8.19. The molecule has 0 amide bonds. The summed E-state index contributed by atoms with van der Waals surface area (Å²) in [6, 6.07) is 80.7. The molecule has 0 atom stereocenters. The fraction of sp³-hybridized carbons (Fsp3) is 0. The lowest BCUT2D eigenvalue weighted by molar-refractivity contribution is 0.670. The predicted molar refractivity (Wildman–Crippen MR) is 245 cm³/mol. The van der Waals surface area contributed by atoms with Crippen molar-refractivity contribution in [3.8, 4) is 44.5 Å². The van der Waals surface area contributed by atoms with Gasteiger partial charge in [-0.2, -0.15) is 0 Å². The number of para-hydroxylation sites is 3. The van der Waals surface area contributed by atoms with Crippen LogP contribution in [0.15, 0.2) is 229 Å². The summed E-state index contributed by atoms with van der Waals surface area (Å²) in [5.41, 5.74) is 14.4. The molecule has 0 aliphatic heterocycles. The number of fused-ring (bicyclic) bond motifs is 5. The zero-order chi connectivity index (χ0) is 38.4. The lowest BCUT2D eigenvalue weighted by Crippen LogP contribution is -2.11. The second-order valence-electron chi connectivity index (χ2n) is 14.9. The number of hydrogen-bond acceptors (Lipinski definition) is 2. The molecule has 272 valence electrons. The molecule has 58 heavy (non-hydrogen) atoms. The van der Waals surface area contributed by atoms with E-state index in [0.29, 0.717) is 0 Å². The molecule has 0 bridgehead atoms. The molecule has 0 saturated carbocycles. The molecule has 0 aliphatic carbocycles. The third-order valence-electron chi connectivity index (χ3n) is 11.5. The third-order valence-corrected chi connectivity index (χ3v) is 11.5. The van der Waals surface area contributed by atoms with Crippen molar-refractivity contribution in [2.75, 3.05) is 4.90 Å². The minimum atomic E-state index is 0.904. The molecule has 0 fully saturated rings. The number of furan rings is 1. The van der Waals surface area contributed by atoms with Crippen LogP contribution in [0, 0.1) is 0 Å². The Morgan fingerprint density at radius 2 is 0.845 bits per heavy atom. The van der Waals surface area contributed by atoms with E-state index in [1.165, 1.54) is 49.4 Å². The van der Waals surface area contributed by atoms with Crippen LogP contribution in [0.25, 0.3) is 88.0 Å². The van der Waals surface area contributed by atoms with Crippen molar-refractivity contribution in [2.24, 2.45) is 0 Å². The minimum Gasteiger partial charge on any atom is -0.455 e. The summed E-state index contributed by atoms with van der Waals surface area (Å²) >= 11 is 0. The van der Waals surface area contributed by atoms with Crippen LogP contribution in [0.1, 0.15) is 0 Å². The largest absolute Gasteiger partial charge is 0.455 e. The first-order chi connectivity index (χ1) is 28.7. The van der Waals surface area contributed by atoms with Crippen molar-refractivity contribution in [3.05, 3.63) is 224 Å².